The fraction of sp³-hybridized carbons (Fsp3) is 0.200. The Balaban J connectivity index is 1.75. The summed E-state index contributed by atoms with van der Waals surface area (Å²) in [4.78, 5) is 17.1. The maximum Gasteiger partial charge on any atom is 0.297 e. The molecule has 0 aliphatic carbocycles. The summed E-state index contributed by atoms with van der Waals surface area (Å²) in [5, 5.41) is 0.873. The fourth-order valence-corrected chi connectivity index (χ4v) is 2.93. The van der Waals surface area contributed by atoms with Crippen molar-refractivity contribution in [2.24, 2.45) is 0 Å². The minimum Gasteiger partial charge on any atom is -0.448 e. The molecule has 4 aromatic rings. The highest BCUT2D eigenvalue weighted by Crippen LogP contribution is 2.24. The number of hydrogen-bond donors (Lipinski definition) is 0. The van der Waals surface area contributed by atoms with E-state index in [1.54, 1.807) is 10.9 Å². The average molecular weight is 318 g/mol. The van der Waals surface area contributed by atoms with E-state index in [-0.39, 0.29) is 5.56 Å². The molecule has 0 spiro atoms. The predicted octanol–water partition coefficient (Wildman–Crippen LogP) is 4.31. The zero-order chi connectivity index (χ0) is 16.7. The molecule has 0 unspecified atom stereocenters. The van der Waals surface area contributed by atoms with Gasteiger partial charge in [0, 0.05) is 5.39 Å². The van der Waals surface area contributed by atoms with Gasteiger partial charge in [-0.3, -0.25) is 9.36 Å². The highest BCUT2D eigenvalue weighted by Gasteiger charge is 2.13. The molecule has 0 saturated heterocycles. The summed E-state index contributed by atoms with van der Waals surface area (Å²) in [6.45, 7) is 4.81. The molecule has 0 amide bonds. The normalized spacial score (nSPS) is 11.6. The summed E-state index contributed by atoms with van der Waals surface area (Å²) >= 11 is 0. The van der Waals surface area contributed by atoms with E-state index >= 15 is 0 Å². The number of furan rings is 1. The van der Waals surface area contributed by atoms with Crippen LogP contribution in [0.2, 0.25) is 0 Å². The van der Waals surface area contributed by atoms with Crippen LogP contribution >= 0.6 is 0 Å². The van der Waals surface area contributed by atoms with Gasteiger partial charge in [-0.2, -0.15) is 0 Å². The van der Waals surface area contributed by atoms with Gasteiger partial charge in [-0.15, -0.1) is 0 Å². The molecule has 0 bridgehead atoms. The SMILES string of the molecule is CC(C)c1ccc(Cn2cnc3c(oc4ccccc43)c2=O)cc1. The number of hydrogen-bond acceptors (Lipinski definition) is 3. The third-order valence-corrected chi connectivity index (χ3v) is 4.35. The van der Waals surface area contributed by atoms with E-state index in [2.05, 4.69) is 43.1 Å². The minimum absolute atomic E-state index is 0.149. The first-order valence-electron chi connectivity index (χ1n) is 8.09. The molecule has 24 heavy (non-hydrogen) atoms. The van der Waals surface area contributed by atoms with Gasteiger partial charge in [0.05, 0.1) is 12.9 Å². The van der Waals surface area contributed by atoms with Crippen LogP contribution in [0.1, 0.15) is 30.9 Å². The van der Waals surface area contributed by atoms with Crippen molar-refractivity contribution < 1.29 is 4.42 Å². The maximum atomic E-state index is 12.7. The van der Waals surface area contributed by atoms with Gasteiger partial charge < -0.3 is 4.42 Å². The fourth-order valence-electron chi connectivity index (χ4n) is 2.93. The number of para-hydroxylation sites is 1. The van der Waals surface area contributed by atoms with Gasteiger partial charge in [0.25, 0.3) is 5.56 Å². The van der Waals surface area contributed by atoms with E-state index in [4.69, 9.17) is 4.42 Å². The molecule has 4 rings (SSSR count). The van der Waals surface area contributed by atoms with Crippen LogP contribution in [0, 0.1) is 0 Å². The molecular weight excluding hydrogens is 300 g/mol. The van der Waals surface area contributed by atoms with Crippen LogP contribution in [0.15, 0.2) is 64.1 Å². The van der Waals surface area contributed by atoms with Crippen molar-refractivity contribution in [3.63, 3.8) is 0 Å². The van der Waals surface area contributed by atoms with Crippen molar-refractivity contribution in [3.8, 4) is 0 Å². The molecule has 2 aromatic carbocycles. The van der Waals surface area contributed by atoms with Gasteiger partial charge in [-0.05, 0) is 29.2 Å². The van der Waals surface area contributed by atoms with Gasteiger partial charge >= 0.3 is 0 Å². The summed E-state index contributed by atoms with van der Waals surface area (Å²) in [5.41, 5.74) is 3.84. The van der Waals surface area contributed by atoms with E-state index in [1.165, 1.54) is 5.56 Å². The molecule has 120 valence electrons. The lowest BCUT2D eigenvalue weighted by Gasteiger charge is -2.08. The lowest BCUT2D eigenvalue weighted by Crippen LogP contribution is -2.20. The third-order valence-electron chi connectivity index (χ3n) is 4.35. The topological polar surface area (TPSA) is 48.0 Å². The molecule has 0 fully saturated rings. The van der Waals surface area contributed by atoms with Crippen molar-refractivity contribution in [2.45, 2.75) is 26.3 Å². The number of rotatable bonds is 3. The minimum atomic E-state index is -0.149. The molecule has 0 N–H and O–H groups in total. The van der Waals surface area contributed by atoms with E-state index in [1.807, 2.05) is 24.3 Å². The smallest absolute Gasteiger partial charge is 0.297 e. The summed E-state index contributed by atoms with van der Waals surface area (Å²) in [5.74, 6) is 0.496. The molecule has 2 heterocycles. The average Bonchev–Trinajstić information content (AvgIpc) is 2.97. The molecular formula is C20H18N2O2. The van der Waals surface area contributed by atoms with Crippen LogP contribution in [0.4, 0.5) is 0 Å². The van der Waals surface area contributed by atoms with Gasteiger partial charge in [0.15, 0.2) is 0 Å². The lowest BCUT2D eigenvalue weighted by atomic mass is 10.0. The number of fused-ring (bicyclic) bond motifs is 3. The molecule has 0 aliphatic heterocycles. The number of aromatic nitrogens is 2. The Morgan fingerprint density at radius 3 is 2.58 bits per heavy atom. The van der Waals surface area contributed by atoms with Gasteiger partial charge in [-0.1, -0.05) is 50.2 Å². The second-order valence-electron chi connectivity index (χ2n) is 6.35. The summed E-state index contributed by atoms with van der Waals surface area (Å²) < 4.78 is 7.31. The zero-order valence-corrected chi connectivity index (χ0v) is 13.7. The first-order valence-corrected chi connectivity index (χ1v) is 8.09. The van der Waals surface area contributed by atoms with Crippen LogP contribution in [-0.4, -0.2) is 9.55 Å². The quantitative estimate of drug-likeness (QED) is 0.565. The summed E-state index contributed by atoms with van der Waals surface area (Å²) in [6.07, 6.45) is 1.60. The van der Waals surface area contributed by atoms with Crippen molar-refractivity contribution in [2.75, 3.05) is 0 Å². The van der Waals surface area contributed by atoms with Crippen LogP contribution in [-0.2, 0) is 6.54 Å². The van der Waals surface area contributed by atoms with Gasteiger partial charge in [0.2, 0.25) is 5.58 Å². The van der Waals surface area contributed by atoms with Crippen LogP contribution in [0.25, 0.3) is 22.1 Å². The summed E-state index contributed by atoms with van der Waals surface area (Å²) in [7, 11) is 0. The molecule has 4 heteroatoms. The second kappa shape index (κ2) is 5.64. The van der Waals surface area contributed by atoms with Crippen molar-refractivity contribution >= 4 is 22.1 Å². The highest BCUT2D eigenvalue weighted by molar-refractivity contribution is 6.01. The third kappa shape index (κ3) is 2.40. The molecule has 0 atom stereocenters. The molecule has 4 nitrogen and oxygen atoms in total. The van der Waals surface area contributed by atoms with Gasteiger partial charge in [-0.25, -0.2) is 4.98 Å². The van der Waals surface area contributed by atoms with E-state index in [0.717, 1.165) is 10.9 Å². The van der Waals surface area contributed by atoms with Crippen LogP contribution in [0.5, 0.6) is 0 Å². The standard InChI is InChI=1S/C20H18N2O2/c1-13(2)15-9-7-14(8-10-15)11-22-12-21-18-16-5-3-4-6-17(16)24-19(18)20(22)23/h3-10,12-13H,11H2,1-2H3. The highest BCUT2D eigenvalue weighted by atomic mass is 16.3. The van der Waals surface area contributed by atoms with Gasteiger partial charge in [0.1, 0.15) is 11.1 Å². The molecule has 2 aromatic heterocycles. The summed E-state index contributed by atoms with van der Waals surface area (Å²) in [6, 6.07) is 15.9. The van der Waals surface area contributed by atoms with E-state index < -0.39 is 0 Å². The van der Waals surface area contributed by atoms with Crippen molar-refractivity contribution in [1.29, 1.82) is 0 Å². The Hall–Kier alpha value is -2.88. The lowest BCUT2D eigenvalue weighted by molar-refractivity contribution is 0.642. The first-order chi connectivity index (χ1) is 11.6. The monoisotopic (exact) mass is 318 g/mol. The van der Waals surface area contributed by atoms with Crippen molar-refractivity contribution in [1.82, 2.24) is 9.55 Å². The first kappa shape index (κ1) is 14.7. The molecule has 0 radical (unpaired) electrons. The van der Waals surface area contributed by atoms with Crippen LogP contribution in [0.3, 0.4) is 0 Å². The second-order valence-corrected chi connectivity index (χ2v) is 6.35. The Morgan fingerprint density at radius 2 is 1.83 bits per heavy atom. The maximum absolute atomic E-state index is 12.7. The Morgan fingerprint density at radius 1 is 1.08 bits per heavy atom. The Kier molecular flexibility index (Phi) is 3.45. The Labute approximate surface area is 139 Å². The Bertz CT molecular complexity index is 1070. The molecule has 0 aliphatic rings. The molecule has 0 saturated carbocycles. The van der Waals surface area contributed by atoms with Crippen molar-refractivity contribution in [3.05, 3.63) is 76.3 Å². The zero-order valence-electron chi connectivity index (χ0n) is 13.7. The number of benzene rings is 2. The van der Waals surface area contributed by atoms with E-state index in [0.29, 0.717) is 29.1 Å². The predicted molar refractivity (Wildman–Crippen MR) is 95.4 cm³/mol. The van der Waals surface area contributed by atoms with Crippen LogP contribution < -0.4 is 5.56 Å². The largest absolute Gasteiger partial charge is 0.448 e. The van der Waals surface area contributed by atoms with E-state index in [9.17, 15) is 4.79 Å². The number of nitrogens with zero attached hydrogens (tertiary/aromatic N) is 2.